The summed E-state index contributed by atoms with van der Waals surface area (Å²) < 4.78 is 1.95. The summed E-state index contributed by atoms with van der Waals surface area (Å²) in [4.78, 5) is 9.01. The van der Waals surface area contributed by atoms with E-state index in [0.717, 1.165) is 11.3 Å². The second kappa shape index (κ2) is 10.4. The van der Waals surface area contributed by atoms with E-state index in [4.69, 9.17) is 0 Å². The van der Waals surface area contributed by atoms with Gasteiger partial charge >= 0.3 is 0 Å². The van der Waals surface area contributed by atoms with Crippen LogP contribution in [0.5, 0.6) is 0 Å². The molecule has 0 saturated heterocycles. The number of allylic oxidation sites excluding steroid dienone is 1. The lowest BCUT2D eigenvalue weighted by molar-refractivity contribution is 1.11. The molecule has 2 aromatic heterocycles. The highest BCUT2D eigenvalue weighted by molar-refractivity contribution is 6.01. The van der Waals surface area contributed by atoms with Crippen LogP contribution in [0.15, 0.2) is 140 Å². The number of hydrogen-bond donors (Lipinski definition) is 0. The zero-order valence-electron chi connectivity index (χ0n) is 23.1. The Labute approximate surface area is 240 Å². The van der Waals surface area contributed by atoms with Crippen LogP contribution in [0.25, 0.3) is 50.1 Å². The zero-order chi connectivity index (χ0) is 27.8. The molecule has 0 aliphatic heterocycles. The Kier molecular flexibility index (Phi) is 6.25. The molecule has 41 heavy (non-hydrogen) atoms. The molecule has 0 saturated carbocycles. The Morgan fingerprint density at radius 1 is 0.634 bits per heavy atom. The van der Waals surface area contributed by atoms with Gasteiger partial charge in [-0.2, -0.15) is 0 Å². The summed E-state index contributed by atoms with van der Waals surface area (Å²) in [6.45, 7) is 4.45. The van der Waals surface area contributed by atoms with Gasteiger partial charge in [0.15, 0.2) is 0 Å². The molecule has 0 fully saturated rings. The first-order chi connectivity index (χ1) is 20.1. The number of imidazole rings is 1. The number of aromatic nitrogens is 3. The van der Waals surface area contributed by atoms with Crippen molar-refractivity contribution in [3.8, 4) is 22.4 Å². The van der Waals surface area contributed by atoms with E-state index in [1.54, 1.807) is 6.20 Å². The summed E-state index contributed by atoms with van der Waals surface area (Å²) in [5.74, 6) is 0.707. The third-order valence-corrected chi connectivity index (χ3v) is 7.85. The molecule has 2 heterocycles. The fourth-order valence-electron chi connectivity index (χ4n) is 5.67. The van der Waals surface area contributed by atoms with Crippen LogP contribution in [0.2, 0.25) is 0 Å². The topological polar surface area (TPSA) is 30.2 Å². The van der Waals surface area contributed by atoms with Crippen LogP contribution >= 0.6 is 0 Å². The van der Waals surface area contributed by atoms with Gasteiger partial charge in [-0.3, -0.25) is 4.40 Å². The number of aryl methyl sites for hydroxylation is 1. The van der Waals surface area contributed by atoms with Gasteiger partial charge in [-0.1, -0.05) is 103 Å². The molecule has 0 atom stereocenters. The van der Waals surface area contributed by atoms with E-state index in [1.165, 1.54) is 55.3 Å². The number of rotatable bonds is 5. The van der Waals surface area contributed by atoms with Crippen molar-refractivity contribution >= 4 is 27.7 Å². The second-order valence-corrected chi connectivity index (χ2v) is 10.5. The Morgan fingerprint density at radius 2 is 1.32 bits per heavy atom. The lowest BCUT2D eigenvalue weighted by atomic mass is 9.86. The molecular weight excluding hydrogens is 498 g/mol. The number of nitrogens with zero attached hydrogens (tertiary/aromatic N) is 3. The van der Waals surface area contributed by atoms with Crippen molar-refractivity contribution in [1.29, 1.82) is 0 Å². The molecule has 0 bridgehead atoms. The Hall–Kier alpha value is -5.28. The summed E-state index contributed by atoms with van der Waals surface area (Å²) in [5.41, 5.74) is 11.9. The minimum absolute atomic E-state index is 0.707. The second-order valence-electron chi connectivity index (χ2n) is 10.5. The van der Waals surface area contributed by atoms with Crippen molar-refractivity contribution in [2.75, 3.05) is 0 Å². The molecule has 0 amide bonds. The average molecular weight is 528 g/mol. The maximum atomic E-state index is 4.67. The summed E-state index contributed by atoms with van der Waals surface area (Å²) in [7, 11) is 0. The monoisotopic (exact) mass is 527 g/mol. The van der Waals surface area contributed by atoms with Gasteiger partial charge in [-0.25, -0.2) is 9.97 Å². The van der Waals surface area contributed by atoms with Crippen molar-refractivity contribution in [3.63, 3.8) is 0 Å². The third kappa shape index (κ3) is 4.72. The molecule has 7 rings (SSSR count). The normalized spacial score (nSPS) is 12.0. The first-order valence-corrected chi connectivity index (χ1v) is 13.9. The fraction of sp³-hybridized carbons (Fsp3) is 0.0526. The van der Waals surface area contributed by atoms with Crippen molar-refractivity contribution in [2.24, 2.45) is 0 Å². The van der Waals surface area contributed by atoms with Gasteiger partial charge in [-0.15, -0.1) is 0 Å². The highest BCUT2D eigenvalue weighted by Gasteiger charge is 2.14. The van der Waals surface area contributed by atoms with Crippen molar-refractivity contribution in [2.45, 2.75) is 13.8 Å². The van der Waals surface area contributed by atoms with Crippen molar-refractivity contribution < 1.29 is 0 Å². The molecule has 3 heteroatoms. The van der Waals surface area contributed by atoms with E-state index in [2.05, 4.69) is 139 Å². The predicted octanol–water partition coefficient (Wildman–Crippen LogP) is 9.50. The summed E-state index contributed by atoms with van der Waals surface area (Å²) in [5, 5.41) is 2.47. The van der Waals surface area contributed by atoms with E-state index >= 15 is 0 Å². The quantitative estimate of drug-likeness (QED) is 0.209. The molecule has 0 aliphatic rings. The number of hydrogen-bond acceptors (Lipinski definition) is 2. The lowest BCUT2D eigenvalue weighted by Crippen LogP contribution is -1.96. The molecule has 0 spiro atoms. The third-order valence-electron chi connectivity index (χ3n) is 7.85. The van der Waals surface area contributed by atoms with Gasteiger partial charge in [0.25, 0.3) is 0 Å². The molecule has 0 radical (unpaired) electrons. The predicted molar refractivity (Wildman–Crippen MR) is 171 cm³/mol. The van der Waals surface area contributed by atoms with Gasteiger partial charge in [0.2, 0.25) is 5.78 Å². The van der Waals surface area contributed by atoms with E-state index in [9.17, 15) is 0 Å². The van der Waals surface area contributed by atoms with Crippen LogP contribution in [0.1, 0.15) is 29.2 Å². The minimum Gasteiger partial charge on any atom is -0.291 e. The van der Waals surface area contributed by atoms with Crippen LogP contribution in [0.4, 0.5) is 0 Å². The van der Waals surface area contributed by atoms with Crippen LogP contribution < -0.4 is 0 Å². The minimum atomic E-state index is 0.707. The van der Waals surface area contributed by atoms with Crippen LogP contribution in [0.3, 0.4) is 0 Å². The number of fused-ring (bicyclic) bond motifs is 2. The maximum Gasteiger partial charge on any atom is 0.234 e. The van der Waals surface area contributed by atoms with Crippen LogP contribution in [-0.4, -0.2) is 14.4 Å². The smallest absolute Gasteiger partial charge is 0.234 e. The summed E-state index contributed by atoms with van der Waals surface area (Å²) in [6.07, 6.45) is 5.76. The van der Waals surface area contributed by atoms with Gasteiger partial charge in [0.1, 0.15) is 0 Å². The van der Waals surface area contributed by atoms with E-state index in [-0.39, 0.29) is 0 Å². The molecule has 0 N–H and O–H groups in total. The van der Waals surface area contributed by atoms with Gasteiger partial charge in [-0.05, 0) is 87.3 Å². The first kappa shape index (κ1) is 24.7. The fourth-order valence-corrected chi connectivity index (χ4v) is 5.67. The van der Waals surface area contributed by atoms with Crippen molar-refractivity contribution in [1.82, 2.24) is 14.4 Å². The van der Waals surface area contributed by atoms with E-state index < -0.39 is 0 Å². The van der Waals surface area contributed by atoms with Gasteiger partial charge in [0, 0.05) is 24.2 Å². The van der Waals surface area contributed by atoms with E-state index in [0.29, 0.717) is 5.78 Å². The molecular formula is C38H29N3. The van der Waals surface area contributed by atoms with Crippen LogP contribution in [0, 0.1) is 6.92 Å². The summed E-state index contributed by atoms with van der Waals surface area (Å²) >= 11 is 0. The zero-order valence-corrected chi connectivity index (χ0v) is 23.1. The molecule has 7 aromatic rings. The molecule has 3 nitrogen and oxygen atoms in total. The molecule has 0 unspecified atom stereocenters. The lowest BCUT2D eigenvalue weighted by Gasteiger charge is -2.18. The number of benzene rings is 5. The first-order valence-electron chi connectivity index (χ1n) is 13.9. The highest BCUT2D eigenvalue weighted by atomic mass is 15.1. The SMILES string of the molecule is C/C(=C(/c1ccccc1)c1cc2cc(-c3ccc(-c4cn5cccnc5n4)cc3)ccc2cc1C)c1ccccc1. The maximum absolute atomic E-state index is 4.67. The molecule has 0 aliphatic carbocycles. The van der Waals surface area contributed by atoms with Gasteiger partial charge in [0.05, 0.1) is 5.69 Å². The average Bonchev–Trinajstić information content (AvgIpc) is 3.47. The van der Waals surface area contributed by atoms with Crippen molar-refractivity contribution in [3.05, 3.63) is 162 Å². The summed E-state index contributed by atoms with van der Waals surface area (Å²) in [6, 6.07) is 43.4. The molecule has 196 valence electrons. The Bertz CT molecular complexity index is 2000. The molecule has 5 aromatic carbocycles. The largest absolute Gasteiger partial charge is 0.291 e. The Morgan fingerprint density at radius 3 is 2.05 bits per heavy atom. The van der Waals surface area contributed by atoms with Gasteiger partial charge < -0.3 is 0 Å². The standard InChI is InChI=1S/C38H29N3/c1-26-22-32-18-19-33(29-14-16-30(17-15-29)36-25-41-21-9-20-39-38(41)40-36)23-34(32)24-35(26)37(31-12-7-4-8-13-31)27(2)28-10-5-3-6-11-28/h3-25H,1-2H3/b37-27+. The highest BCUT2D eigenvalue weighted by Crippen LogP contribution is 2.37. The van der Waals surface area contributed by atoms with E-state index in [1.807, 2.05) is 22.9 Å². The Balaban J connectivity index is 1.31. The van der Waals surface area contributed by atoms with Crippen LogP contribution in [-0.2, 0) is 0 Å².